The van der Waals surface area contributed by atoms with Crippen molar-refractivity contribution in [3.8, 4) is 0 Å². The third-order valence-corrected chi connectivity index (χ3v) is 6.55. The van der Waals surface area contributed by atoms with Crippen molar-refractivity contribution in [2.24, 2.45) is 16.8 Å². The molecule has 2 fully saturated rings. The molecule has 25 heavy (non-hydrogen) atoms. The van der Waals surface area contributed by atoms with Gasteiger partial charge in [0.15, 0.2) is 5.96 Å². The van der Waals surface area contributed by atoms with Crippen LogP contribution in [0.25, 0.3) is 0 Å². The molecule has 0 aromatic carbocycles. The van der Waals surface area contributed by atoms with Gasteiger partial charge < -0.3 is 10.2 Å². The minimum Gasteiger partial charge on any atom is -0.356 e. The summed E-state index contributed by atoms with van der Waals surface area (Å²) in [6.45, 7) is 4.52. The third kappa shape index (κ3) is 4.99. The van der Waals surface area contributed by atoms with Crippen molar-refractivity contribution in [1.82, 2.24) is 14.5 Å². The van der Waals surface area contributed by atoms with Gasteiger partial charge >= 0.3 is 15.5 Å². The Balaban J connectivity index is 1.82. The second-order valence-electron chi connectivity index (χ2n) is 6.91. The zero-order valence-corrected chi connectivity index (χ0v) is 15.5. The number of hydrogen-bond acceptors (Lipinski definition) is 3. The fourth-order valence-corrected chi connectivity index (χ4v) is 4.43. The zero-order valence-electron chi connectivity index (χ0n) is 14.7. The van der Waals surface area contributed by atoms with Crippen LogP contribution in [0.3, 0.4) is 0 Å². The van der Waals surface area contributed by atoms with Gasteiger partial charge in [-0.1, -0.05) is 6.92 Å². The minimum atomic E-state index is -5.22. The normalized spacial score (nSPS) is 25.2. The van der Waals surface area contributed by atoms with E-state index < -0.39 is 15.5 Å². The molecule has 1 atom stereocenters. The molecule has 0 aliphatic carbocycles. The summed E-state index contributed by atoms with van der Waals surface area (Å²) >= 11 is 0. The largest absolute Gasteiger partial charge is 0.511 e. The van der Waals surface area contributed by atoms with E-state index in [1.54, 1.807) is 7.05 Å². The first-order chi connectivity index (χ1) is 11.6. The van der Waals surface area contributed by atoms with Crippen molar-refractivity contribution in [1.29, 1.82) is 0 Å². The number of guanidine groups is 1. The van der Waals surface area contributed by atoms with Crippen molar-refractivity contribution in [2.75, 3.05) is 39.8 Å². The highest BCUT2D eigenvalue weighted by molar-refractivity contribution is 7.90. The summed E-state index contributed by atoms with van der Waals surface area (Å²) in [5.41, 5.74) is -5.22. The van der Waals surface area contributed by atoms with Crippen molar-refractivity contribution >= 4 is 16.0 Å². The summed E-state index contributed by atoms with van der Waals surface area (Å²) in [4.78, 5) is 6.50. The number of nitrogens with one attached hydrogen (secondary N) is 1. The molecule has 1 N–H and O–H groups in total. The average Bonchev–Trinajstić information content (AvgIpc) is 2.55. The van der Waals surface area contributed by atoms with Gasteiger partial charge in [0.05, 0.1) is 0 Å². The molecule has 1 unspecified atom stereocenters. The fourth-order valence-electron chi connectivity index (χ4n) is 3.45. The molecular weight excluding hydrogens is 357 g/mol. The van der Waals surface area contributed by atoms with Gasteiger partial charge in [-0.15, -0.1) is 0 Å². The van der Waals surface area contributed by atoms with Crippen LogP contribution in [-0.4, -0.2) is 68.9 Å². The molecule has 2 rings (SSSR count). The Hall–Kier alpha value is -1.03. The van der Waals surface area contributed by atoms with Gasteiger partial charge in [0.2, 0.25) is 0 Å². The van der Waals surface area contributed by atoms with Crippen LogP contribution >= 0.6 is 0 Å². The SMILES string of the molecule is CN=C(NCC1CCN(S(=O)(=O)C(F)(F)F)CC1)N1CCCC(C)C1. The van der Waals surface area contributed by atoms with Crippen molar-refractivity contribution in [3.63, 3.8) is 0 Å². The lowest BCUT2D eigenvalue weighted by atomic mass is 9.98. The first-order valence-electron chi connectivity index (χ1n) is 8.67. The smallest absolute Gasteiger partial charge is 0.356 e. The molecule has 0 saturated carbocycles. The number of aliphatic imine (C=N–C) groups is 1. The highest BCUT2D eigenvalue weighted by Gasteiger charge is 2.50. The van der Waals surface area contributed by atoms with Crippen LogP contribution in [-0.2, 0) is 10.0 Å². The molecule has 0 spiro atoms. The first-order valence-corrected chi connectivity index (χ1v) is 10.1. The molecule has 2 heterocycles. The lowest BCUT2D eigenvalue weighted by Gasteiger charge is -2.35. The van der Waals surface area contributed by atoms with Crippen molar-refractivity contribution < 1.29 is 21.6 Å². The number of likely N-dealkylation sites (tertiary alicyclic amines) is 1. The number of rotatable bonds is 3. The Morgan fingerprint density at radius 2 is 1.84 bits per heavy atom. The van der Waals surface area contributed by atoms with Crippen molar-refractivity contribution in [2.45, 2.75) is 38.1 Å². The van der Waals surface area contributed by atoms with Crippen LogP contribution in [0.1, 0.15) is 32.6 Å². The Morgan fingerprint density at radius 3 is 2.36 bits per heavy atom. The van der Waals surface area contributed by atoms with Crippen LogP contribution in [0, 0.1) is 11.8 Å². The molecule has 2 aliphatic rings. The van der Waals surface area contributed by atoms with Gasteiger partial charge in [-0.3, -0.25) is 4.99 Å². The minimum absolute atomic E-state index is 0.0897. The van der Waals surface area contributed by atoms with Crippen LogP contribution in [0.4, 0.5) is 13.2 Å². The molecule has 0 amide bonds. The zero-order chi connectivity index (χ0) is 18.7. The standard InChI is InChI=1S/C15H27F3N4O2S/c1-12-4-3-7-21(11-12)14(19-2)20-10-13-5-8-22(9-6-13)25(23,24)15(16,17)18/h12-13H,3-11H2,1-2H3,(H,19,20). The summed E-state index contributed by atoms with van der Waals surface area (Å²) in [5.74, 6) is 1.57. The Kier molecular flexibility index (Phi) is 6.58. The van der Waals surface area contributed by atoms with Crippen LogP contribution in [0.5, 0.6) is 0 Å². The highest BCUT2D eigenvalue weighted by Crippen LogP contribution is 2.30. The van der Waals surface area contributed by atoms with E-state index in [4.69, 9.17) is 0 Å². The molecule has 0 bridgehead atoms. The summed E-state index contributed by atoms with van der Waals surface area (Å²) in [7, 11) is -3.48. The maximum absolute atomic E-state index is 12.6. The Morgan fingerprint density at radius 1 is 1.20 bits per heavy atom. The lowest BCUT2D eigenvalue weighted by molar-refractivity contribution is -0.0496. The van der Waals surface area contributed by atoms with Crippen LogP contribution < -0.4 is 5.32 Å². The molecule has 0 aromatic rings. The van der Waals surface area contributed by atoms with Gasteiger partial charge in [-0.25, -0.2) is 8.42 Å². The molecule has 2 saturated heterocycles. The Labute approximate surface area is 147 Å². The predicted molar refractivity (Wildman–Crippen MR) is 90.6 cm³/mol. The monoisotopic (exact) mass is 384 g/mol. The lowest BCUT2D eigenvalue weighted by Crippen LogP contribution is -2.49. The summed E-state index contributed by atoms with van der Waals surface area (Å²) in [5, 5.41) is 3.30. The van der Waals surface area contributed by atoms with E-state index in [0.29, 0.717) is 29.6 Å². The molecule has 6 nitrogen and oxygen atoms in total. The molecular formula is C15H27F3N4O2S. The number of halogens is 3. The van der Waals surface area contributed by atoms with Crippen molar-refractivity contribution in [3.05, 3.63) is 0 Å². The number of hydrogen-bond donors (Lipinski definition) is 1. The third-order valence-electron chi connectivity index (χ3n) is 4.92. The Bertz CT molecular complexity index is 572. The highest BCUT2D eigenvalue weighted by atomic mass is 32.2. The maximum atomic E-state index is 12.6. The van der Waals surface area contributed by atoms with E-state index in [9.17, 15) is 21.6 Å². The summed E-state index contributed by atoms with van der Waals surface area (Å²) in [6.07, 6.45) is 3.15. The summed E-state index contributed by atoms with van der Waals surface area (Å²) in [6, 6.07) is 0. The molecule has 2 aliphatic heterocycles. The first kappa shape index (κ1) is 20.3. The molecule has 0 radical (unpaired) electrons. The average molecular weight is 384 g/mol. The number of piperidine rings is 2. The number of nitrogens with zero attached hydrogens (tertiary/aromatic N) is 3. The van der Waals surface area contributed by atoms with Gasteiger partial charge in [-0.2, -0.15) is 17.5 Å². The molecule has 10 heteroatoms. The number of alkyl halides is 3. The second kappa shape index (κ2) is 8.11. The van der Waals surface area contributed by atoms with E-state index in [2.05, 4.69) is 22.1 Å². The second-order valence-corrected chi connectivity index (χ2v) is 8.84. The van der Waals surface area contributed by atoms with Crippen LogP contribution in [0.2, 0.25) is 0 Å². The van der Waals surface area contributed by atoms with Gasteiger partial charge in [0, 0.05) is 39.8 Å². The molecule has 0 aromatic heterocycles. The van der Waals surface area contributed by atoms with E-state index in [1.807, 2.05) is 0 Å². The fraction of sp³-hybridized carbons (Fsp3) is 0.933. The van der Waals surface area contributed by atoms with E-state index >= 15 is 0 Å². The van der Waals surface area contributed by atoms with Crippen LogP contribution in [0.15, 0.2) is 4.99 Å². The topological polar surface area (TPSA) is 65.0 Å². The van der Waals surface area contributed by atoms with Gasteiger partial charge in [0.25, 0.3) is 0 Å². The van der Waals surface area contributed by atoms with E-state index in [-0.39, 0.29) is 19.0 Å². The number of sulfonamides is 1. The predicted octanol–water partition coefficient (Wildman–Crippen LogP) is 1.86. The van der Waals surface area contributed by atoms with E-state index in [1.165, 1.54) is 6.42 Å². The van der Waals surface area contributed by atoms with E-state index in [0.717, 1.165) is 25.5 Å². The van der Waals surface area contributed by atoms with Gasteiger partial charge in [-0.05, 0) is 37.5 Å². The quantitative estimate of drug-likeness (QED) is 0.596. The summed E-state index contributed by atoms with van der Waals surface area (Å²) < 4.78 is 61.2. The van der Waals surface area contributed by atoms with Gasteiger partial charge in [0.1, 0.15) is 0 Å². The maximum Gasteiger partial charge on any atom is 0.511 e. The molecule has 146 valence electrons.